The van der Waals surface area contributed by atoms with Crippen molar-refractivity contribution in [3.8, 4) is 5.75 Å². The number of aliphatic hydroxyl groups excluding tert-OH is 1. The maximum atomic E-state index is 10.2. The highest BCUT2D eigenvalue weighted by Crippen LogP contribution is 2.27. The monoisotopic (exact) mass is 254 g/mol. The lowest BCUT2D eigenvalue weighted by Crippen LogP contribution is -2.37. The second-order valence-electron chi connectivity index (χ2n) is 4.62. The maximum absolute atomic E-state index is 10.2. The molecule has 0 fully saturated rings. The fourth-order valence-corrected chi connectivity index (χ4v) is 2.44. The van der Waals surface area contributed by atoms with Gasteiger partial charge in [-0.25, -0.2) is 0 Å². The first-order chi connectivity index (χ1) is 9.19. The van der Waals surface area contributed by atoms with Gasteiger partial charge in [-0.05, 0) is 47.6 Å². The Bertz CT molecular complexity index is 723. The first-order valence-electron chi connectivity index (χ1n) is 6.10. The summed E-state index contributed by atoms with van der Waals surface area (Å²) in [4.78, 5) is 0. The minimum absolute atomic E-state index is 0.175. The molecule has 2 aliphatic rings. The van der Waals surface area contributed by atoms with Crippen molar-refractivity contribution in [3.63, 3.8) is 0 Å². The van der Waals surface area contributed by atoms with Gasteiger partial charge < -0.3 is 14.9 Å². The second-order valence-corrected chi connectivity index (χ2v) is 4.62. The summed E-state index contributed by atoms with van der Waals surface area (Å²) in [5.74, 6) is 0.360. The van der Waals surface area contributed by atoms with Crippen LogP contribution in [0.15, 0.2) is 54.3 Å². The van der Waals surface area contributed by atoms with Crippen LogP contribution in [-0.4, -0.2) is 16.3 Å². The number of aliphatic hydroxyl groups is 1. The third kappa shape index (κ3) is 1.93. The van der Waals surface area contributed by atoms with Crippen LogP contribution in [0.4, 0.5) is 0 Å². The topological polar surface area (TPSA) is 49.7 Å². The van der Waals surface area contributed by atoms with Gasteiger partial charge in [0.25, 0.3) is 0 Å². The molecule has 0 spiro atoms. The highest BCUT2D eigenvalue weighted by Gasteiger charge is 2.24. The fraction of sp³-hybridized carbons (Fsp3) is 0.125. The summed E-state index contributed by atoms with van der Waals surface area (Å²) in [5.41, 5.74) is 1.67. The number of fused-ring (bicyclic) bond motifs is 2. The molecule has 1 heterocycles. The zero-order valence-electron chi connectivity index (χ0n) is 10.3. The predicted octanol–water partition coefficient (Wildman–Crippen LogP) is 1.64. The molecule has 0 saturated carbocycles. The molecule has 96 valence electrons. The maximum Gasteiger partial charge on any atom is 0.146 e. The Balaban J connectivity index is 2.23. The van der Waals surface area contributed by atoms with Crippen LogP contribution in [0, 0.1) is 0 Å². The lowest BCUT2D eigenvalue weighted by Gasteiger charge is -2.24. The summed E-state index contributed by atoms with van der Waals surface area (Å²) >= 11 is 0. The number of aromatic hydroxyl groups is 1. The summed E-state index contributed by atoms with van der Waals surface area (Å²) in [5, 5.41) is 21.5. The number of ether oxygens (including phenoxy) is 1. The molecule has 0 saturated heterocycles. The average molecular weight is 254 g/mol. The summed E-state index contributed by atoms with van der Waals surface area (Å²) in [6.45, 7) is 3.69. The van der Waals surface area contributed by atoms with E-state index in [0.717, 1.165) is 16.0 Å². The van der Waals surface area contributed by atoms with Crippen molar-refractivity contribution in [2.75, 3.05) is 0 Å². The number of phenolic OH excluding ortho intramolecular Hbond substituents is 1. The van der Waals surface area contributed by atoms with E-state index in [9.17, 15) is 10.2 Å². The molecule has 3 nitrogen and oxygen atoms in total. The van der Waals surface area contributed by atoms with Crippen LogP contribution in [0.2, 0.25) is 0 Å². The van der Waals surface area contributed by atoms with Gasteiger partial charge in [-0.3, -0.25) is 0 Å². The van der Waals surface area contributed by atoms with E-state index < -0.39 is 0 Å². The number of phenols is 1. The van der Waals surface area contributed by atoms with Gasteiger partial charge in [-0.1, -0.05) is 6.08 Å². The molecule has 1 aliphatic carbocycles. The molecule has 0 radical (unpaired) electrons. The van der Waals surface area contributed by atoms with Crippen molar-refractivity contribution in [3.05, 3.63) is 64.8 Å². The smallest absolute Gasteiger partial charge is 0.146 e. The molecule has 0 aromatic heterocycles. The van der Waals surface area contributed by atoms with Gasteiger partial charge in [0, 0.05) is 10.8 Å². The number of allylic oxidation sites excluding steroid dienone is 3. The number of rotatable bonds is 2. The predicted molar refractivity (Wildman–Crippen MR) is 73.7 cm³/mol. The molecule has 3 heteroatoms. The van der Waals surface area contributed by atoms with Crippen LogP contribution in [0.25, 0.3) is 11.8 Å². The van der Waals surface area contributed by atoms with Crippen LogP contribution in [-0.2, 0) is 4.74 Å². The van der Waals surface area contributed by atoms with Gasteiger partial charge in [0.15, 0.2) is 0 Å². The van der Waals surface area contributed by atoms with Gasteiger partial charge in [0.05, 0.1) is 6.26 Å². The Hall–Kier alpha value is -2.42. The minimum Gasteiger partial charge on any atom is -0.508 e. The number of benzene rings is 1. The zero-order chi connectivity index (χ0) is 13.4. The molecule has 1 aromatic rings. The van der Waals surface area contributed by atoms with Crippen molar-refractivity contribution in [2.24, 2.45) is 0 Å². The summed E-state index contributed by atoms with van der Waals surface area (Å²) < 4.78 is 5.64. The Morgan fingerprint density at radius 1 is 1.32 bits per heavy atom. The molecular weight excluding hydrogens is 240 g/mol. The van der Waals surface area contributed by atoms with E-state index in [2.05, 4.69) is 6.58 Å². The quantitative estimate of drug-likeness (QED) is 0.789. The van der Waals surface area contributed by atoms with Gasteiger partial charge in [0.1, 0.15) is 17.6 Å². The zero-order valence-corrected chi connectivity index (χ0v) is 10.3. The van der Waals surface area contributed by atoms with Gasteiger partial charge >= 0.3 is 0 Å². The van der Waals surface area contributed by atoms with Crippen molar-refractivity contribution >= 4 is 11.8 Å². The van der Waals surface area contributed by atoms with E-state index in [1.807, 2.05) is 6.08 Å². The minimum atomic E-state index is -0.311. The first-order valence-corrected chi connectivity index (χ1v) is 6.10. The van der Waals surface area contributed by atoms with Crippen LogP contribution >= 0.6 is 0 Å². The molecule has 0 amide bonds. The van der Waals surface area contributed by atoms with Crippen molar-refractivity contribution in [1.82, 2.24) is 0 Å². The molecule has 2 N–H and O–H groups in total. The van der Waals surface area contributed by atoms with Crippen LogP contribution in [0.1, 0.15) is 6.42 Å². The number of hydrogen-bond donors (Lipinski definition) is 2. The normalized spacial score (nSPS) is 20.2. The third-order valence-corrected chi connectivity index (χ3v) is 3.30. The fourth-order valence-electron chi connectivity index (χ4n) is 2.44. The van der Waals surface area contributed by atoms with Crippen LogP contribution in [0.5, 0.6) is 5.75 Å². The van der Waals surface area contributed by atoms with E-state index in [1.54, 1.807) is 36.6 Å². The molecule has 19 heavy (non-hydrogen) atoms. The van der Waals surface area contributed by atoms with Gasteiger partial charge in [0.2, 0.25) is 0 Å². The van der Waals surface area contributed by atoms with E-state index in [0.29, 0.717) is 12.0 Å². The van der Waals surface area contributed by atoms with Crippen molar-refractivity contribution in [1.29, 1.82) is 0 Å². The van der Waals surface area contributed by atoms with Crippen molar-refractivity contribution in [2.45, 2.75) is 12.5 Å². The molecule has 1 unspecified atom stereocenters. The first kappa shape index (κ1) is 11.7. The molecule has 3 rings (SSSR count). The van der Waals surface area contributed by atoms with E-state index in [4.69, 9.17) is 4.74 Å². The van der Waals surface area contributed by atoms with E-state index in [-0.39, 0.29) is 17.6 Å². The standard InChI is InChI=1S/C16H14O3/c1-2-3-10-6-14(18)16-13-8-12(17)5-4-11(13)9-19-15(16)7-10/h2,4-9,15,17-18H,1,3H2. The second kappa shape index (κ2) is 4.35. The van der Waals surface area contributed by atoms with Crippen LogP contribution < -0.4 is 10.4 Å². The molecule has 1 atom stereocenters. The summed E-state index contributed by atoms with van der Waals surface area (Å²) in [7, 11) is 0. The Morgan fingerprint density at radius 2 is 2.16 bits per heavy atom. The van der Waals surface area contributed by atoms with Gasteiger partial charge in [-0.15, -0.1) is 6.58 Å². The summed E-state index contributed by atoms with van der Waals surface area (Å²) in [6.07, 6.45) is 7.49. The highest BCUT2D eigenvalue weighted by molar-refractivity contribution is 5.72. The average Bonchev–Trinajstić information content (AvgIpc) is 2.38. The molecule has 1 aliphatic heterocycles. The molecular formula is C16H14O3. The van der Waals surface area contributed by atoms with E-state index in [1.165, 1.54) is 0 Å². The van der Waals surface area contributed by atoms with Gasteiger partial charge in [-0.2, -0.15) is 0 Å². The Morgan fingerprint density at radius 3 is 2.95 bits per heavy atom. The van der Waals surface area contributed by atoms with E-state index >= 15 is 0 Å². The largest absolute Gasteiger partial charge is 0.508 e. The Kier molecular flexibility index (Phi) is 2.67. The highest BCUT2D eigenvalue weighted by atomic mass is 16.5. The van der Waals surface area contributed by atoms with Crippen LogP contribution in [0.3, 0.4) is 0 Å². The third-order valence-electron chi connectivity index (χ3n) is 3.30. The molecule has 1 aromatic carbocycles. The summed E-state index contributed by atoms with van der Waals surface area (Å²) in [6, 6.07) is 5.01. The lowest BCUT2D eigenvalue weighted by atomic mass is 9.92. The lowest BCUT2D eigenvalue weighted by molar-refractivity contribution is 0.263. The van der Waals surface area contributed by atoms with Crippen molar-refractivity contribution < 1.29 is 14.9 Å². The molecule has 0 bridgehead atoms. The Labute approximate surface area is 110 Å². The SMILES string of the molecule is C=CCC1=CC2OC=c3ccc(O)cc3=C2C(O)=C1. The number of hydrogen-bond acceptors (Lipinski definition) is 3.